The topological polar surface area (TPSA) is 78.9 Å². The largest absolute Gasteiger partial charge is 0.462 e. The highest BCUT2D eigenvalue weighted by molar-refractivity contribution is 5.71. The van der Waals surface area contributed by atoms with Crippen molar-refractivity contribution in [2.24, 2.45) is 0 Å². The van der Waals surface area contributed by atoms with Crippen molar-refractivity contribution >= 4 is 17.9 Å². The molecule has 0 amide bonds. The SMILES string of the molecule is CC/C=C\C/C=C\C/C=C\C/C=C\CCCCCCCCCCCCCCCCCCCCCCC(=O)OCC(COC(=O)CCCCCCCCCCCCCCCC)OC(=O)CCCCCCC/C=C\CCCCCCCCC. The third-order valence-electron chi connectivity index (χ3n) is 16.0. The van der Waals surface area contributed by atoms with E-state index < -0.39 is 6.10 Å². The molecule has 0 aliphatic rings. The summed E-state index contributed by atoms with van der Waals surface area (Å²) in [6.07, 6.45) is 89.7. The lowest BCUT2D eigenvalue weighted by molar-refractivity contribution is -0.167. The molecule has 0 saturated heterocycles. The Morgan fingerprint density at radius 1 is 0.259 bits per heavy atom. The van der Waals surface area contributed by atoms with Gasteiger partial charge in [0.15, 0.2) is 6.10 Å². The smallest absolute Gasteiger partial charge is 0.306 e. The third-order valence-corrected chi connectivity index (χ3v) is 16.0. The fraction of sp³-hybridized carbons (Fsp3) is 0.827. The molecule has 0 spiro atoms. The van der Waals surface area contributed by atoms with Crippen molar-refractivity contribution in [3.05, 3.63) is 60.8 Å². The minimum absolute atomic E-state index is 0.0706. The van der Waals surface area contributed by atoms with Crippen molar-refractivity contribution in [1.29, 1.82) is 0 Å². The van der Waals surface area contributed by atoms with E-state index in [0.717, 1.165) is 89.9 Å². The summed E-state index contributed by atoms with van der Waals surface area (Å²) in [4.78, 5) is 38.4. The fourth-order valence-electron chi connectivity index (χ4n) is 10.7. The molecule has 1 atom stereocenters. The average molecular weight is 1130 g/mol. The molecule has 6 heteroatoms. The van der Waals surface area contributed by atoms with Crippen LogP contribution in [0.5, 0.6) is 0 Å². The summed E-state index contributed by atoms with van der Waals surface area (Å²) in [6.45, 7) is 6.58. The minimum atomic E-state index is -0.775. The number of rotatable bonds is 66. The summed E-state index contributed by atoms with van der Waals surface area (Å²) in [5, 5.41) is 0. The Hall–Kier alpha value is -2.89. The van der Waals surface area contributed by atoms with Crippen LogP contribution in [-0.2, 0) is 28.6 Å². The number of esters is 3. The standard InChI is InChI=1S/C75H136O6/c1-4-7-10-13-16-19-22-25-28-30-31-32-33-34-35-36-37-38-39-40-41-42-43-44-45-46-48-50-53-56-59-62-65-68-74(77)80-71-72(70-79-73(76)67-64-61-58-55-52-49-27-24-21-18-15-12-9-6-3)81-75(78)69-66-63-60-57-54-51-47-29-26-23-20-17-14-11-8-5-2/h7,10,16,19,25,28-29,31-32,47,72H,4-6,8-9,11-15,17-18,20-24,26-27,30,33-46,48-71H2,1-3H3/b10-7-,19-16-,28-25-,32-31-,47-29-. The Kier molecular flexibility index (Phi) is 67.1. The summed E-state index contributed by atoms with van der Waals surface area (Å²) in [5.41, 5.74) is 0. The second-order valence-electron chi connectivity index (χ2n) is 24.1. The normalized spacial score (nSPS) is 12.4. The molecule has 0 N–H and O–H groups in total. The molecule has 472 valence electrons. The Morgan fingerprint density at radius 3 is 0.765 bits per heavy atom. The van der Waals surface area contributed by atoms with E-state index in [4.69, 9.17) is 14.2 Å². The summed E-state index contributed by atoms with van der Waals surface area (Å²) in [5.74, 6) is -0.852. The first-order chi connectivity index (χ1) is 40.0. The number of allylic oxidation sites excluding steroid dienone is 10. The second-order valence-corrected chi connectivity index (χ2v) is 24.1. The molecule has 0 bridgehead atoms. The van der Waals surface area contributed by atoms with Crippen LogP contribution in [0.4, 0.5) is 0 Å². The van der Waals surface area contributed by atoms with Gasteiger partial charge < -0.3 is 14.2 Å². The van der Waals surface area contributed by atoms with Crippen molar-refractivity contribution in [3.63, 3.8) is 0 Å². The Morgan fingerprint density at radius 2 is 0.481 bits per heavy atom. The van der Waals surface area contributed by atoms with Gasteiger partial charge in [-0.15, -0.1) is 0 Å². The molecular formula is C75H136O6. The molecule has 0 fully saturated rings. The van der Waals surface area contributed by atoms with Crippen LogP contribution in [0.1, 0.15) is 380 Å². The molecule has 0 aromatic rings. The summed E-state index contributed by atoms with van der Waals surface area (Å²) < 4.78 is 17.0. The first kappa shape index (κ1) is 78.1. The van der Waals surface area contributed by atoms with Crippen LogP contribution >= 0.6 is 0 Å². The van der Waals surface area contributed by atoms with Crippen molar-refractivity contribution in [2.75, 3.05) is 13.2 Å². The van der Waals surface area contributed by atoms with Gasteiger partial charge in [0.05, 0.1) is 0 Å². The predicted octanol–water partition coefficient (Wildman–Crippen LogP) is 24.7. The summed E-state index contributed by atoms with van der Waals surface area (Å²) >= 11 is 0. The maximum Gasteiger partial charge on any atom is 0.306 e. The zero-order chi connectivity index (χ0) is 58.5. The highest BCUT2D eigenvalue weighted by Gasteiger charge is 2.19. The predicted molar refractivity (Wildman–Crippen MR) is 353 cm³/mol. The second kappa shape index (κ2) is 69.6. The number of ether oxygens (including phenoxy) is 3. The number of hydrogen-bond acceptors (Lipinski definition) is 6. The van der Waals surface area contributed by atoms with Crippen LogP contribution in [0.3, 0.4) is 0 Å². The number of carbonyl (C=O) groups excluding carboxylic acids is 3. The number of carbonyl (C=O) groups is 3. The van der Waals surface area contributed by atoms with Crippen LogP contribution in [0.15, 0.2) is 60.8 Å². The third kappa shape index (κ3) is 67.8. The van der Waals surface area contributed by atoms with Gasteiger partial charge in [0.1, 0.15) is 13.2 Å². The average Bonchev–Trinajstić information content (AvgIpc) is 3.47. The monoisotopic (exact) mass is 1130 g/mol. The summed E-state index contributed by atoms with van der Waals surface area (Å²) in [6, 6.07) is 0. The lowest BCUT2D eigenvalue weighted by Gasteiger charge is -2.18. The molecule has 0 heterocycles. The molecule has 0 aliphatic carbocycles. The molecule has 81 heavy (non-hydrogen) atoms. The molecule has 0 aliphatic heterocycles. The van der Waals surface area contributed by atoms with Crippen LogP contribution < -0.4 is 0 Å². The van der Waals surface area contributed by atoms with E-state index >= 15 is 0 Å². The maximum atomic E-state index is 12.9. The van der Waals surface area contributed by atoms with E-state index in [1.54, 1.807) is 0 Å². The minimum Gasteiger partial charge on any atom is -0.462 e. The van der Waals surface area contributed by atoms with E-state index in [2.05, 4.69) is 81.5 Å². The molecule has 0 aromatic heterocycles. The Labute approximate surface area is 504 Å². The van der Waals surface area contributed by atoms with Gasteiger partial charge in [-0.05, 0) is 83.5 Å². The van der Waals surface area contributed by atoms with E-state index in [1.165, 1.54) is 250 Å². The van der Waals surface area contributed by atoms with Gasteiger partial charge in [0.2, 0.25) is 0 Å². The lowest BCUT2D eigenvalue weighted by Crippen LogP contribution is -2.30. The quantitative estimate of drug-likeness (QED) is 0.0261. The van der Waals surface area contributed by atoms with E-state index in [0.29, 0.717) is 19.3 Å². The Balaban J connectivity index is 4.13. The molecule has 0 saturated carbocycles. The first-order valence-electron chi connectivity index (χ1n) is 35.8. The van der Waals surface area contributed by atoms with Gasteiger partial charge in [-0.2, -0.15) is 0 Å². The molecule has 0 radical (unpaired) electrons. The molecule has 6 nitrogen and oxygen atoms in total. The number of unbranched alkanes of at least 4 members (excludes halogenated alkanes) is 45. The van der Waals surface area contributed by atoms with E-state index in [1.807, 2.05) is 0 Å². The zero-order valence-electron chi connectivity index (χ0n) is 54.3. The lowest BCUT2D eigenvalue weighted by atomic mass is 10.0. The first-order valence-corrected chi connectivity index (χ1v) is 35.8. The van der Waals surface area contributed by atoms with Gasteiger partial charge in [0.25, 0.3) is 0 Å². The van der Waals surface area contributed by atoms with Crippen LogP contribution in [0, 0.1) is 0 Å². The van der Waals surface area contributed by atoms with E-state index in [9.17, 15) is 14.4 Å². The van der Waals surface area contributed by atoms with Gasteiger partial charge >= 0.3 is 17.9 Å². The van der Waals surface area contributed by atoms with Gasteiger partial charge in [-0.1, -0.05) is 338 Å². The summed E-state index contributed by atoms with van der Waals surface area (Å²) in [7, 11) is 0. The maximum absolute atomic E-state index is 12.9. The van der Waals surface area contributed by atoms with Crippen LogP contribution in [0.25, 0.3) is 0 Å². The van der Waals surface area contributed by atoms with Crippen molar-refractivity contribution < 1.29 is 28.6 Å². The van der Waals surface area contributed by atoms with Crippen molar-refractivity contribution in [3.8, 4) is 0 Å². The van der Waals surface area contributed by atoms with Gasteiger partial charge in [-0.3, -0.25) is 14.4 Å². The van der Waals surface area contributed by atoms with Crippen molar-refractivity contribution in [2.45, 2.75) is 386 Å². The van der Waals surface area contributed by atoms with Crippen LogP contribution in [0.2, 0.25) is 0 Å². The van der Waals surface area contributed by atoms with Gasteiger partial charge in [-0.25, -0.2) is 0 Å². The van der Waals surface area contributed by atoms with E-state index in [-0.39, 0.29) is 31.1 Å². The van der Waals surface area contributed by atoms with Crippen LogP contribution in [-0.4, -0.2) is 37.2 Å². The zero-order valence-corrected chi connectivity index (χ0v) is 54.3. The Bertz CT molecular complexity index is 1440. The van der Waals surface area contributed by atoms with Crippen molar-refractivity contribution in [1.82, 2.24) is 0 Å². The molecule has 1 unspecified atom stereocenters. The van der Waals surface area contributed by atoms with Gasteiger partial charge in [0, 0.05) is 19.3 Å². The fourth-order valence-corrected chi connectivity index (χ4v) is 10.7. The highest BCUT2D eigenvalue weighted by Crippen LogP contribution is 2.18. The highest BCUT2D eigenvalue weighted by atomic mass is 16.6. The molecular weight excluding hydrogens is 997 g/mol. The number of hydrogen-bond donors (Lipinski definition) is 0. The molecule has 0 rings (SSSR count). The molecule has 0 aromatic carbocycles.